The van der Waals surface area contributed by atoms with Gasteiger partial charge in [0.1, 0.15) is 11.5 Å². The van der Waals surface area contributed by atoms with Gasteiger partial charge in [0.15, 0.2) is 0 Å². The van der Waals surface area contributed by atoms with E-state index in [1.165, 1.54) is 5.56 Å². The van der Waals surface area contributed by atoms with Gasteiger partial charge in [-0.25, -0.2) is 0 Å². The van der Waals surface area contributed by atoms with Gasteiger partial charge >= 0.3 is 19.3 Å². The van der Waals surface area contributed by atoms with E-state index in [4.69, 9.17) is 18.5 Å². The normalized spacial score (nSPS) is 9.15. The summed E-state index contributed by atoms with van der Waals surface area (Å²) in [4.78, 5) is 0. The number of methoxy groups -OCH3 is 2. The molecule has 0 spiro atoms. The third kappa shape index (κ3) is 3.25. The number of rotatable bonds is 4. The first kappa shape index (κ1) is 11.0. The van der Waals surface area contributed by atoms with Crippen molar-refractivity contribution >= 4 is 28.3 Å². The second-order valence-electron chi connectivity index (χ2n) is 2.66. The van der Waals surface area contributed by atoms with Gasteiger partial charge in [-0.3, -0.25) is 0 Å². The summed E-state index contributed by atoms with van der Waals surface area (Å²) in [5.41, 5.74) is 1.19. The molecule has 1 rings (SSSR count). The van der Waals surface area contributed by atoms with E-state index in [1.54, 1.807) is 14.2 Å². The van der Waals surface area contributed by atoms with E-state index < -0.39 is 19.3 Å². The van der Waals surface area contributed by atoms with Crippen LogP contribution in [0.3, 0.4) is 0 Å². The van der Waals surface area contributed by atoms with Crippen LogP contribution < -0.4 is 9.47 Å². The van der Waals surface area contributed by atoms with E-state index in [-0.39, 0.29) is 0 Å². The van der Waals surface area contributed by atoms with E-state index in [0.29, 0.717) is 0 Å². The van der Waals surface area contributed by atoms with Crippen LogP contribution in [0.5, 0.6) is 11.5 Å². The molecule has 0 bridgehead atoms. The van der Waals surface area contributed by atoms with Gasteiger partial charge in [-0.1, -0.05) is 10.1 Å². The highest BCUT2D eigenvalue weighted by molar-refractivity contribution is 6.93. The highest BCUT2D eigenvalue weighted by atomic mass is 35.5. The molecule has 2 nitrogen and oxygen atoms in total. The number of halogens is 1. The van der Waals surface area contributed by atoms with Gasteiger partial charge in [-0.15, -0.1) is 0 Å². The Balaban J connectivity index is 2.93. The van der Waals surface area contributed by atoms with E-state index in [1.807, 2.05) is 18.2 Å². The zero-order valence-electron chi connectivity index (χ0n) is 7.84. The maximum Gasteiger partial charge on any atom is 0.505 e. The van der Waals surface area contributed by atoms with Crippen LogP contribution in [0.4, 0.5) is 0 Å². The molecular weight excluding hydrogens is 200 g/mol. The fourth-order valence-electron chi connectivity index (χ4n) is 1.12. The molecule has 0 atom stereocenters. The summed E-state index contributed by atoms with van der Waals surface area (Å²) in [6.45, 7) is 0. The van der Waals surface area contributed by atoms with Gasteiger partial charge in [0.05, 0.1) is 14.2 Å². The Kier molecular flexibility index (Phi) is 4.70. The molecule has 0 aliphatic heterocycles. The predicted octanol–water partition coefficient (Wildman–Crippen LogP) is 2.06. The van der Waals surface area contributed by atoms with Gasteiger partial charge in [-0.2, -0.15) is 0 Å². The second-order valence-corrected chi connectivity index (χ2v) is 4.67. The van der Waals surface area contributed by atoms with E-state index in [0.717, 1.165) is 16.0 Å². The molecule has 4 heteroatoms. The Labute approximate surface area is 91.7 Å². The highest BCUT2D eigenvalue weighted by Gasteiger charge is 2.02. The smallest absolute Gasteiger partial charge is 0.497 e. The van der Waals surface area contributed by atoms with Crippen molar-refractivity contribution < 1.29 is 9.47 Å². The zero-order chi connectivity index (χ0) is 9.68. The molecule has 13 heavy (non-hydrogen) atoms. The summed E-state index contributed by atoms with van der Waals surface area (Å²) in [7, 11) is 9.08. The number of benzene rings is 1. The Hall–Kier alpha value is -0.124. The van der Waals surface area contributed by atoms with Crippen molar-refractivity contribution in [2.45, 2.75) is 4.55 Å². The molecule has 0 unspecified atom stereocenters. The monoisotopic (exact) mass is 210 g/mol. The number of hydrogen-bond donors (Lipinski definition) is 0. The molecule has 1 aromatic rings. The van der Waals surface area contributed by atoms with Crippen molar-refractivity contribution in [3.05, 3.63) is 23.8 Å². The maximum atomic E-state index is 5.78. The lowest BCUT2D eigenvalue weighted by molar-refractivity contribution is 0.393. The minimum atomic E-state index is -0.470. The number of hydrogen-bond acceptors (Lipinski definition) is 2. The van der Waals surface area contributed by atoms with Gasteiger partial charge in [0.25, 0.3) is 0 Å². The van der Waals surface area contributed by atoms with Gasteiger partial charge in [0, 0.05) is 6.07 Å². The molecule has 0 heterocycles. The molecular formula is C9H11ClMgO2. The fraction of sp³-hybridized carbons (Fsp3) is 0.333. The van der Waals surface area contributed by atoms with Crippen LogP contribution in [0.25, 0.3) is 0 Å². The highest BCUT2D eigenvalue weighted by Crippen LogP contribution is 2.22. The lowest BCUT2D eigenvalue weighted by atomic mass is 10.2. The molecule has 0 fully saturated rings. The van der Waals surface area contributed by atoms with Crippen molar-refractivity contribution in [3.63, 3.8) is 0 Å². The van der Waals surface area contributed by atoms with Crippen LogP contribution in [0.2, 0.25) is 0 Å². The van der Waals surface area contributed by atoms with Crippen molar-refractivity contribution in [2.75, 3.05) is 14.2 Å². The van der Waals surface area contributed by atoms with E-state index >= 15 is 0 Å². The molecule has 0 aliphatic rings. The summed E-state index contributed by atoms with van der Waals surface area (Å²) in [5, 5.41) is 0. The SMILES string of the molecule is COc1cc([CH2][Mg][Cl])cc(OC)c1. The van der Waals surface area contributed by atoms with Crippen molar-refractivity contribution in [1.82, 2.24) is 0 Å². The van der Waals surface area contributed by atoms with Crippen LogP contribution in [0, 0.1) is 0 Å². The average molecular weight is 211 g/mol. The Morgan fingerprint density at radius 3 is 2.08 bits per heavy atom. The molecule has 68 valence electrons. The minimum absolute atomic E-state index is 0.470. The molecule has 0 amide bonds. The zero-order valence-corrected chi connectivity index (χ0v) is 10.0. The lowest BCUT2D eigenvalue weighted by Crippen LogP contribution is -1.93. The molecule has 0 aromatic heterocycles. The van der Waals surface area contributed by atoms with Crippen LogP contribution >= 0.6 is 9.07 Å². The maximum absolute atomic E-state index is 5.78. The first-order valence-electron chi connectivity index (χ1n) is 4.08. The summed E-state index contributed by atoms with van der Waals surface area (Å²) >= 11 is -0.470. The van der Waals surface area contributed by atoms with Crippen LogP contribution in [-0.4, -0.2) is 33.5 Å². The van der Waals surface area contributed by atoms with E-state index in [9.17, 15) is 0 Å². The fourth-order valence-corrected chi connectivity index (χ4v) is 2.28. The van der Waals surface area contributed by atoms with Crippen molar-refractivity contribution in [3.8, 4) is 11.5 Å². The summed E-state index contributed by atoms with van der Waals surface area (Å²) in [6, 6.07) is 5.86. The molecule has 0 aliphatic carbocycles. The first-order valence-corrected chi connectivity index (χ1v) is 7.22. The molecule has 0 radical (unpaired) electrons. The average Bonchev–Trinajstić information content (AvgIpc) is 2.17. The first-order chi connectivity index (χ1) is 6.30. The lowest BCUT2D eigenvalue weighted by Gasteiger charge is -2.06. The molecule has 0 saturated carbocycles. The van der Waals surface area contributed by atoms with Gasteiger partial charge in [0.2, 0.25) is 0 Å². The minimum Gasteiger partial charge on any atom is -0.497 e. The third-order valence-corrected chi connectivity index (χ3v) is 3.13. The predicted molar refractivity (Wildman–Crippen MR) is 54.9 cm³/mol. The van der Waals surface area contributed by atoms with Gasteiger partial charge < -0.3 is 18.5 Å². The Morgan fingerprint density at radius 2 is 1.69 bits per heavy atom. The molecule has 1 aromatic carbocycles. The van der Waals surface area contributed by atoms with Gasteiger partial charge in [-0.05, 0) is 12.1 Å². The van der Waals surface area contributed by atoms with Crippen molar-refractivity contribution in [1.29, 1.82) is 0 Å². The number of ether oxygens (including phenoxy) is 2. The Morgan fingerprint density at radius 1 is 1.15 bits per heavy atom. The summed E-state index contributed by atoms with van der Waals surface area (Å²) in [6.07, 6.45) is 0. The Bertz CT molecular complexity index is 256. The van der Waals surface area contributed by atoms with Crippen molar-refractivity contribution in [2.24, 2.45) is 0 Å². The van der Waals surface area contributed by atoms with Crippen LogP contribution in [0.15, 0.2) is 18.2 Å². The topological polar surface area (TPSA) is 18.5 Å². The standard InChI is InChI=1S/C9H11O2.ClH.Mg/c1-7-4-8(10-2)6-9(5-7)11-3;;/h4-6H,1H2,2-3H3;1H;/q;;+1/p-1. The molecule has 0 saturated heterocycles. The van der Waals surface area contributed by atoms with E-state index in [2.05, 4.69) is 0 Å². The quantitative estimate of drug-likeness (QED) is 0.709. The second kappa shape index (κ2) is 5.57. The third-order valence-electron chi connectivity index (χ3n) is 1.79. The summed E-state index contributed by atoms with van der Waals surface area (Å²) < 4.78 is 11.2. The van der Waals surface area contributed by atoms with Crippen LogP contribution in [-0.2, 0) is 4.55 Å². The summed E-state index contributed by atoms with van der Waals surface area (Å²) in [5.74, 6) is 1.65. The van der Waals surface area contributed by atoms with Crippen LogP contribution in [0.1, 0.15) is 5.56 Å². The largest absolute Gasteiger partial charge is 0.505 e. The molecule has 0 N–H and O–H groups in total.